The van der Waals surface area contributed by atoms with Crippen molar-refractivity contribution in [2.75, 3.05) is 13.1 Å². The molecule has 6 heteroatoms. The van der Waals surface area contributed by atoms with Crippen LogP contribution < -0.4 is 0 Å². The number of nitrogens with zero attached hydrogens (tertiary/aromatic N) is 4. The highest BCUT2D eigenvalue weighted by atomic mass is 35.5. The van der Waals surface area contributed by atoms with E-state index in [2.05, 4.69) is 81.6 Å². The van der Waals surface area contributed by atoms with Gasteiger partial charge in [0.1, 0.15) is 5.66 Å². The van der Waals surface area contributed by atoms with E-state index in [1.165, 1.54) is 22.4 Å². The lowest BCUT2D eigenvalue weighted by Crippen LogP contribution is -2.51. The van der Waals surface area contributed by atoms with Gasteiger partial charge in [0.05, 0.1) is 6.21 Å². The molecule has 2 aliphatic heterocycles. The van der Waals surface area contributed by atoms with Crippen molar-refractivity contribution in [1.82, 2.24) is 9.21 Å². The summed E-state index contributed by atoms with van der Waals surface area (Å²) < 4.78 is 2.49. The Labute approximate surface area is 194 Å². The predicted octanol–water partition coefficient (Wildman–Crippen LogP) is 6.36. The maximum absolute atomic E-state index is 6.26. The molecule has 0 saturated carbocycles. The van der Waals surface area contributed by atoms with Gasteiger partial charge in [0.15, 0.2) is 0 Å². The van der Waals surface area contributed by atoms with Gasteiger partial charge in [-0.05, 0) is 48.6 Å². The van der Waals surface area contributed by atoms with Crippen molar-refractivity contribution in [2.24, 2.45) is 10.2 Å². The molecule has 0 spiro atoms. The van der Waals surface area contributed by atoms with Crippen molar-refractivity contribution < 1.29 is 0 Å². The van der Waals surface area contributed by atoms with E-state index in [0.717, 1.165) is 35.9 Å². The van der Waals surface area contributed by atoms with Gasteiger partial charge in [-0.15, -0.1) is 0 Å². The minimum atomic E-state index is -0.311. The molecule has 1 unspecified atom stereocenters. The van der Waals surface area contributed by atoms with E-state index in [1.807, 2.05) is 19.1 Å². The van der Waals surface area contributed by atoms with Gasteiger partial charge in [-0.1, -0.05) is 67.1 Å². The summed E-state index contributed by atoms with van der Waals surface area (Å²) in [6.45, 7) is 9.57. The molecule has 0 bridgehead atoms. The summed E-state index contributed by atoms with van der Waals surface area (Å²) in [5.41, 5.74) is 4.95. The van der Waals surface area contributed by atoms with Crippen LogP contribution in [-0.2, 0) is 12.1 Å². The molecule has 1 saturated heterocycles. The molecule has 1 atom stereocenters. The highest BCUT2D eigenvalue weighted by Gasteiger charge is 2.52. The molecule has 160 valence electrons. The van der Waals surface area contributed by atoms with Crippen LogP contribution in [0.15, 0.2) is 75.8 Å². The third kappa shape index (κ3) is 3.98. The second-order valence-electron chi connectivity index (χ2n) is 7.58. The van der Waals surface area contributed by atoms with Gasteiger partial charge in [0.25, 0.3) is 0 Å². The van der Waals surface area contributed by atoms with E-state index >= 15 is 0 Å². The highest BCUT2D eigenvalue weighted by Crippen LogP contribution is 2.52. The maximum atomic E-state index is 6.26. The predicted molar refractivity (Wildman–Crippen MR) is 134 cm³/mol. The van der Waals surface area contributed by atoms with Crippen molar-refractivity contribution in [2.45, 2.75) is 32.4 Å². The molecule has 4 nitrogen and oxygen atoms in total. The van der Waals surface area contributed by atoms with Gasteiger partial charge in [-0.3, -0.25) is 0 Å². The van der Waals surface area contributed by atoms with Crippen LogP contribution in [0.3, 0.4) is 0 Å². The second-order valence-corrected chi connectivity index (χ2v) is 9.11. The third-order valence-electron chi connectivity index (χ3n) is 5.88. The Balaban J connectivity index is 1.88. The molecule has 0 aliphatic carbocycles. The third-order valence-corrected chi connectivity index (χ3v) is 7.39. The molecule has 0 radical (unpaired) electrons. The number of halogens is 1. The van der Waals surface area contributed by atoms with E-state index in [4.69, 9.17) is 11.6 Å². The van der Waals surface area contributed by atoms with Gasteiger partial charge < -0.3 is 4.90 Å². The molecular weight excluding hydrogens is 424 g/mol. The number of benzene rings is 2. The van der Waals surface area contributed by atoms with Crippen LogP contribution in [0.2, 0.25) is 5.02 Å². The molecule has 0 amide bonds. The molecule has 0 N–H and O–H groups in total. The zero-order valence-electron chi connectivity index (χ0n) is 18.0. The molecule has 2 aliphatic rings. The summed E-state index contributed by atoms with van der Waals surface area (Å²) in [5.74, 6) is 0. The molecule has 2 aromatic carbocycles. The largest absolute Gasteiger partial charge is 0.347 e. The van der Waals surface area contributed by atoms with Crippen molar-refractivity contribution >= 4 is 42.2 Å². The molecular formula is C25H27ClN4S. The number of rotatable bonds is 6. The smallest absolute Gasteiger partial charge is 0.133 e. The average Bonchev–Trinajstić information content (AvgIpc) is 3.15. The second kappa shape index (κ2) is 9.43. The molecule has 4 rings (SSSR count). The fourth-order valence-electron chi connectivity index (χ4n) is 4.56. The number of hydrogen-bond donors (Lipinski definition) is 0. The fraction of sp³-hybridized carbons (Fsp3) is 0.280. The van der Waals surface area contributed by atoms with Crippen LogP contribution in [-0.4, -0.2) is 35.2 Å². The Hall–Kier alpha value is -2.34. The minimum Gasteiger partial charge on any atom is -0.347 e. The van der Waals surface area contributed by atoms with Gasteiger partial charge in [0.2, 0.25) is 0 Å². The molecule has 31 heavy (non-hydrogen) atoms. The molecule has 0 aromatic heterocycles. The standard InChI is InChI=1S/C25H27ClN4S/c1-4-8-24-23-10-7-6-9-19(23)17-25(20-11-13-21(26)14-12-20)29(24)15-16-30(25)31-22(5-2)18-28-27-3/h5-14,18H,3-4,15-17H2,1-2H3/b22-5+,24-8+,28-18+. The number of allylic oxidation sites excluding steroid dienone is 3. The first kappa shape index (κ1) is 21.9. The summed E-state index contributed by atoms with van der Waals surface area (Å²) in [5, 5.41) is 8.40. The summed E-state index contributed by atoms with van der Waals surface area (Å²) >= 11 is 7.99. The Morgan fingerprint density at radius 2 is 1.97 bits per heavy atom. The zero-order valence-corrected chi connectivity index (χ0v) is 19.5. The SMILES string of the molecule is C=N/N=C/C(=C\C)SN1CCN2/C(=C/CC)c3ccccc3CC12c1ccc(Cl)cc1. The fourth-order valence-corrected chi connectivity index (χ4v) is 5.74. The van der Waals surface area contributed by atoms with Crippen molar-refractivity contribution in [3.8, 4) is 0 Å². The number of hydrogen-bond acceptors (Lipinski definition) is 5. The summed E-state index contributed by atoms with van der Waals surface area (Å²) in [6.07, 6.45) is 8.08. The van der Waals surface area contributed by atoms with Crippen molar-refractivity contribution in [3.05, 3.63) is 87.3 Å². The minimum absolute atomic E-state index is 0.311. The van der Waals surface area contributed by atoms with E-state index in [-0.39, 0.29) is 5.66 Å². The van der Waals surface area contributed by atoms with Crippen LogP contribution >= 0.6 is 23.5 Å². The Morgan fingerprint density at radius 1 is 1.19 bits per heavy atom. The Bertz CT molecular complexity index is 1040. The van der Waals surface area contributed by atoms with E-state index in [0.29, 0.717) is 0 Å². The first-order valence-corrected chi connectivity index (χ1v) is 11.7. The average molecular weight is 451 g/mol. The summed E-state index contributed by atoms with van der Waals surface area (Å²) in [7, 11) is 0. The van der Waals surface area contributed by atoms with E-state index in [1.54, 1.807) is 18.2 Å². The van der Waals surface area contributed by atoms with Crippen LogP contribution in [0.25, 0.3) is 5.70 Å². The topological polar surface area (TPSA) is 31.2 Å². The van der Waals surface area contributed by atoms with Crippen LogP contribution in [0.1, 0.15) is 37.0 Å². The molecule has 2 aromatic rings. The Kier molecular flexibility index (Phi) is 6.65. The van der Waals surface area contributed by atoms with Gasteiger partial charge in [-0.25, -0.2) is 4.31 Å². The normalized spacial score (nSPS) is 22.7. The summed E-state index contributed by atoms with van der Waals surface area (Å²) in [4.78, 5) is 3.62. The zero-order chi connectivity index (χ0) is 21.8. The highest BCUT2D eigenvalue weighted by molar-refractivity contribution is 8.01. The van der Waals surface area contributed by atoms with Crippen LogP contribution in [0, 0.1) is 0 Å². The first-order valence-electron chi connectivity index (χ1n) is 10.6. The summed E-state index contributed by atoms with van der Waals surface area (Å²) in [6, 6.07) is 17.1. The lowest BCUT2D eigenvalue weighted by atomic mass is 9.83. The van der Waals surface area contributed by atoms with E-state index in [9.17, 15) is 0 Å². The van der Waals surface area contributed by atoms with Crippen LogP contribution in [0.4, 0.5) is 0 Å². The monoisotopic (exact) mass is 450 g/mol. The Morgan fingerprint density at radius 3 is 2.68 bits per heavy atom. The van der Waals surface area contributed by atoms with Crippen molar-refractivity contribution in [1.29, 1.82) is 0 Å². The van der Waals surface area contributed by atoms with Gasteiger partial charge in [0, 0.05) is 47.4 Å². The number of fused-ring (bicyclic) bond motifs is 2. The quantitative estimate of drug-likeness (QED) is 0.291. The van der Waals surface area contributed by atoms with Crippen molar-refractivity contribution in [3.63, 3.8) is 0 Å². The first-order chi connectivity index (χ1) is 15.1. The molecule has 1 fully saturated rings. The lowest BCUT2D eigenvalue weighted by molar-refractivity contribution is 0.115. The van der Waals surface area contributed by atoms with E-state index < -0.39 is 0 Å². The van der Waals surface area contributed by atoms with Gasteiger partial charge in [-0.2, -0.15) is 10.2 Å². The lowest BCUT2D eigenvalue weighted by Gasteiger charge is -2.49. The van der Waals surface area contributed by atoms with Crippen LogP contribution in [0.5, 0.6) is 0 Å². The maximum Gasteiger partial charge on any atom is 0.133 e. The van der Waals surface area contributed by atoms with Gasteiger partial charge >= 0.3 is 0 Å². The molecule has 2 heterocycles.